The molecule has 1 aliphatic carbocycles. The van der Waals surface area contributed by atoms with Gasteiger partial charge in [-0.05, 0) is 0 Å². The Balaban J connectivity index is -0.000000144. The van der Waals surface area contributed by atoms with Gasteiger partial charge in [-0.3, -0.25) is 6.08 Å². The van der Waals surface area contributed by atoms with E-state index in [1.54, 1.807) is 0 Å². The molecule has 0 atom stereocenters. The van der Waals surface area contributed by atoms with Gasteiger partial charge in [-0.1, -0.05) is 19.3 Å². The maximum absolute atomic E-state index is 4.18. The van der Waals surface area contributed by atoms with E-state index in [2.05, 4.69) is 17.5 Å². The van der Waals surface area contributed by atoms with Gasteiger partial charge in [-0.2, -0.15) is 6.08 Å². The summed E-state index contributed by atoms with van der Waals surface area (Å²) < 4.78 is 0. The van der Waals surface area contributed by atoms with Crippen molar-refractivity contribution in [3.05, 3.63) is 29.6 Å². The maximum atomic E-state index is 4.18. The molecule has 0 aromatic rings. The van der Waals surface area contributed by atoms with Crippen LogP contribution in [0.5, 0.6) is 0 Å². The molecule has 0 bridgehead atoms. The molecule has 4 heteroatoms. The minimum atomic E-state index is 0. The van der Waals surface area contributed by atoms with Crippen molar-refractivity contribution in [2.75, 3.05) is 13.1 Å². The third kappa shape index (κ3) is 12.7. The molecular formula is C10H15Cl2NTi. The first-order chi connectivity index (χ1) is 5.50. The van der Waals surface area contributed by atoms with Gasteiger partial charge in [0.05, 0.1) is 0 Å². The van der Waals surface area contributed by atoms with E-state index in [4.69, 9.17) is 0 Å². The summed E-state index contributed by atoms with van der Waals surface area (Å²) in [6.45, 7) is 2.25. The van der Waals surface area contributed by atoms with Gasteiger partial charge in [0.1, 0.15) is 0 Å². The second-order valence-electron chi connectivity index (χ2n) is 2.73. The molecule has 0 spiro atoms. The molecule has 0 aromatic heterocycles. The van der Waals surface area contributed by atoms with Crippen LogP contribution in [0.2, 0.25) is 0 Å². The average Bonchev–Trinajstić information content (AvgIpc) is 2.64. The third-order valence-corrected chi connectivity index (χ3v) is 1.72. The van der Waals surface area contributed by atoms with Crippen molar-refractivity contribution in [2.24, 2.45) is 0 Å². The van der Waals surface area contributed by atoms with E-state index in [0.29, 0.717) is 0 Å². The molecule has 0 amide bonds. The topological polar surface area (TPSA) is 14.1 Å². The molecule has 0 saturated carbocycles. The van der Waals surface area contributed by atoms with Gasteiger partial charge in [-0.25, -0.2) is 12.2 Å². The maximum Gasteiger partial charge on any atom is 4.00 e. The molecule has 0 unspecified atom stereocenters. The second-order valence-corrected chi connectivity index (χ2v) is 2.73. The molecule has 1 saturated heterocycles. The molecule has 1 fully saturated rings. The van der Waals surface area contributed by atoms with Crippen molar-refractivity contribution in [2.45, 2.75) is 25.7 Å². The molecule has 78 valence electrons. The smallest absolute Gasteiger partial charge is 1.00 e. The Morgan fingerprint density at radius 2 is 1.64 bits per heavy atom. The zero-order chi connectivity index (χ0) is 7.78. The predicted octanol–water partition coefficient (Wildman–Crippen LogP) is -3.14. The van der Waals surface area contributed by atoms with Crippen LogP contribution in [-0.2, 0) is 21.7 Å². The van der Waals surface area contributed by atoms with Crippen LogP contribution >= 0.6 is 0 Å². The number of allylic oxidation sites excluding steroid dienone is 4. The predicted molar refractivity (Wildman–Crippen MR) is 48.5 cm³/mol. The van der Waals surface area contributed by atoms with Gasteiger partial charge in [-0.15, -0.1) is 19.5 Å². The fraction of sp³-hybridized carbons (Fsp3) is 0.600. The molecule has 0 radical (unpaired) electrons. The SMILES string of the molecule is C1CC[N-]CC1.[C-]1=CC=CC1.[Cl-].[Cl-].[Ti+4]. The van der Waals surface area contributed by atoms with Gasteiger partial charge >= 0.3 is 21.7 Å². The van der Waals surface area contributed by atoms with Gasteiger partial charge in [0, 0.05) is 0 Å². The molecule has 2 rings (SSSR count). The van der Waals surface area contributed by atoms with Gasteiger partial charge in [0.25, 0.3) is 0 Å². The van der Waals surface area contributed by atoms with Crippen LogP contribution in [0, 0.1) is 6.08 Å². The van der Waals surface area contributed by atoms with E-state index in [9.17, 15) is 0 Å². The van der Waals surface area contributed by atoms with Crippen LogP contribution in [0.15, 0.2) is 18.2 Å². The van der Waals surface area contributed by atoms with Crippen LogP contribution in [0.1, 0.15) is 25.7 Å². The first-order valence-corrected chi connectivity index (χ1v) is 4.35. The first-order valence-electron chi connectivity index (χ1n) is 4.35. The Bertz CT molecular complexity index is 124. The zero-order valence-electron chi connectivity index (χ0n) is 8.18. The van der Waals surface area contributed by atoms with E-state index < -0.39 is 0 Å². The van der Waals surface area contributed by atoms with Crippen LogP contribution in [-0.4, -0.2) is 13.1 Å². The minimum absolute atomic E-state index is 0. The van der Waals surface area contributed by atoms with Gasteiger partial charge < -0.3 is 30.1 Å². The monoisotopic (exact) mass is 267 g/mol. The third-order valence-electron chi connectivity index (χ3n) is 1.72. The Morgan fingerprint density at radius 3 is 1.79 bits per heavy atom. The standard InChI is InChI=1S/C5H10N.C5H5.2ClH.Ti/c1-2-4-6-5-3-1;1-2-4-5-3-1;;;/h1-5H2;1-3H,4H2;2*1H;/q2*-1;;;+4/p-2. The second kappa shape index (κ2) is 16.2. The molecular weight excluding hydrogens is 253 g/mol. The largest absolute Gasteiger partial charge is 4.00 e. The normalized spacial score (nSPS) is 16.6. The number of nitrogens with zero attached hydrogens (tertiary/aromatic N) is 1. The Morgan fingerprint density at radius 1 is 1.00 bits per heavy atom. The Hall–Kier alpha value is 0.734. The van der Waals surface area contributed by atoms with Crippen molar-refractivity contribution in [3.63, 3.8) is 0 Å². The number of halogens is 2. The summed E-state index contributed by atoms with van der Waals surface area (Å²) in [6.07, 6.45) is 14.1. The van der Waals surface area contributed by atoms with Crippen LogP contribution in [0.3, 0.4) is 0 Å². The molecule has 2 aliphatic rings. The van der Waals surface area contributed by atoms with Crippen molar-refractivity contribution < 1.29 is 46.5 Å². The summed E-state index contributed by atoms with van der Waals surface area (Å²) in [7, 11) is 0. The van der Waals surface area contributed by atoms with Crippen LogP contribution < -0.4 is 24.8 Å². The minimum Gasteiger partial charge on any atom is -1.00 e. The Kier molecular flexibility index (Phi) is 23.3. The zero-order valence-corrected chi connectivity index (χ0v) is 11.3. The van der Waals surface area contributed by atoms with E-state index in [1.807, 2.05) is 12.2 Å². The molecule has 0 N–H and O–H groups in total. The summed E-state index contributed by atoms with van der Waals surface area (Å²) in [5, 5.41) is 4.18. The number of piperidine rings is 1. The van der Waals surface area contributed by atoms with Crippen molar-refractivity contribution >= 4 is 0 Å². The first kappa shape index (κ1) is 20.2. The summed E-state index contributed by atoms with van der Waals surface area (Å²) in [5.41, 5.74) is 0. The van der Waals surface area contributed by atoms with E-state index in [1.165, 1.54) is 19.3 Å². The molecule has 1 nitrogen and oxygen atoms in total. The number of hydrogen-bond donors (Lipinski definition) is 0. The molecule has 14 heavy (non-hydrogen) atoms. The molecule has 1 heterocycles. The Labute approximate surface area is 115 Å². The van der Waals surface area contributed by atoms with Gasteiger partial charge in [0.15, 0.2) is 0 Å². The summed E-state index contributed by atoms with van der Waals surface area (Å²) in [4.78, 5) is 0. The van der Waals surface area contributed by atoms with Crippen LogP contribution in [0.25, 0.3) is 5.32 Å². The van der Waals surface area contributed by atoms with Crippen LogP contribution in [0.4, 0.5) is 0 Å². The fourth-order valence-electron chi connectivity index (χ4n) is 1.08. The van der Waals surface area contributed by atoms with E-state index in [0.717, 1.165) is 19.5 Å². The van der Waals surface area contributed by atoms with Crippen molar-refractivity contribution in [1.82, 2.24) is 0 Å². The summed E-state index contributed by atoms with van der Waals surface area (Å²) in [6, 6.07) is 0. The van der Waals surface area contributed by atoms with Crippen molar-refractivity contribution in [1.29, 1.82) is 0 Å². The van der Waals surface area contributed by atoms with E-state index in [-0.39, 0.29) is 46.5 Å². The summed E-state index contributed by atoms with van der Waals surface area (Å²) in [5.74, 6) is 0. The summed E-state index contributed by atoms with van der Waals surface area (Å²) >= 11 is 0. The fourth-order valence-corrected chi connectivity index (χ4v) is 1.08. The quantitative estimate of drug-likeness (QED) is 0.325. The number of hydrogen-bond acceptors (Lipinski definition) is 0. The average molecular weight is 268 g/mol. The molecule has 1 aliphatic heterocycles. The molecule has 0 aromatic carbocycles. The van der Waals surface area contributed by atoms with Gasteiger partial charge in [0.2, 0.25) is 0 Å². The van der Waals surface area contributed by atoms with Crippen molar-refractivity contribution in [3.8, 4) is 0 Å². The number of rotatable bonds is 0. The van der Waals surface area contributed by atoms with E-state index >= 15 is 0 Å².